The number of amides is 2. The molecule has 0 saturated carbocycles. The molecule has 4 nitrogen and oxygen atoms in total. The molecular formula is C13H14Cl2N2O2. The van der Waals surface area contributed by atoms with Gasteiger partial charge >= 0.3 is 0 Å². The zero-order valence-electron chi connectivity index (χ0n) is 10.5. The summed E-state index contributed by atoms with van der Waals surface area (Å²) in [6.07, 6.45) is 0.645. The van der Waals surface area contributed by atoms with Crippen molar-refractivity contribution < 1.29 is 9.59 Å². The van der Waals surface area contributed by atoms with Gasteiger partial charge in [0.05, 0.1) is 19.1 Å². The van der Waals surface area contributed by atoms with Gasteiger partial charge in [0, 0.05) is 10.0 Å². The van der Waals surface area contributed by atoms with Gasteiger partial charge in [-0.2, -0.15) is 0 Å². The van der Waals surface area contributed by atoms with E-state index in [1.54, 1.807) is 18.2 Å². The smallest absolute Gasteiger partial charge is 0.246 e. The molecule has 2 amide bonds. The van der Waals surface area contributed by atoms with Crippen LogP contribution < -0.4 is 5.32 Å². The molecule has 0 aliphatic carbocycles. The molecule has 1 aromatic rings. The molecule has 0 spiro atoms. The average molecular weight is 301 g/mol. The highest BCUT2D eigenvalue weighted by atomic mass is 35.5. The number of imide groups is 1. The fraction of sp³-hybridized carbons (Fsp3) is 0.385. The van der Waals surface area contributed by atoms with Gasteiger partial charge in [-0.05, 0) is 30.2 Å². The molecule has 1 fully saturated rings. The van der Waals surface area contributed by atoms with Crippen LogP contribution in [0.2, 0.25) is 10.0 Å². The van der Waals surface area contributed by atoms with Gasteiger partial charge in [0.25, 0.3) is 0 Å². The van der Waals surface area contributed by atoms with E-state index < -0.39 is 0 Å². The lowest BCUT2D eigenvalue weighted by atomic mass is 10.1. The van der Waals surface area contributed by atoms with E-state index in [9.17, 15) is 9.59 Å². The molecule has 1 aliphatic rings. The molecule has 1 saturated heterocycles. The van der Waals surface area contributed by atoms with Gasteiger partial charge in [-0.1, -0.05) is 30.1 Å². The van der Waals surface area contributed by atoms with Crippen molar-refractivity contribution in [3.63, 3.8) is 0 Å². The van der Waals surface area contributed by atoms with Crippen LogP contribution in [0.3, 0.4) is 0 Å². The zero-order valence-corrected chi connectivity index (χ0v) is 12.0. The predicted molar refractivity (Wildman–Crippen MR) is 74.1 cm³/mol. The Morgan fingerprint density at radius 3 is 2.79 bits per heavy atom. The number of nitrogens with one attached hydrogen (secondary N) is 1. The molecular weight excluding hydrogens is 287 g/mol. The van der Waals surface area contributed by atoms with Gasteiger partial charge in [-0.15, -0.1) is 0 Å². The van der Waals surface area contributed by atoms with Gasteiger partial charge in [0.2, 0.25) is 11.8 Å². The lowest BCUT2D eigenvalue weighted by Gasteiger charge is -2.31. The first-order valence-corrected chi connectivity index (χ1v) is 6.80. The third kappa shape index (κ3) is 3.08. The first-order chi connectivity index (χ1) is 9.02. The van der Waals surface area contributed by atoms with Crippen LogP contribution in [-0.2, 0) is 16.1 Å². The topological polar surface area (TPSA) is 49.4 Å². The standard InChI is InChI=1S/C13H14Cl2N2O2/c1-2-11-13(19)17(12(18)6-16-11)7-8-5-9(14)3-4-10(8)15/h3-5,11,16H,2,6-7H2,1H3. The van der Waals surface area contributed by atoms with Crippen LogP contribution in [0.4, 0.5) is 0 Å². The van der Waals surface area contributed by atoms with E-state index in [2.05, 4.69) is 5.32 Å². The van der Waals surface area contributed by atoms with E-state index in [0.29, 0.717) is 22.0 Å². The minimum absolute atomic E-state index is 0.162. The number of nitrogens with zero attached hydrogens (tertiary/aromatic N) is 1. The van der Waals surface area contributed by atoms with E-state index in [-0.39, 0.29) is 30.9 Å². The number of carbonyl (C=O) groups is 2. The Hall–Kier alpha value is -1.10. The Morgan fingerprint density at radius 2 is 2.11 bits per heavy atom. The van der Waals surface area contributed by atoms with Gasteiger partial charge < -0.3 is 0 Å². The normalized spacial score (nSPS) is 19.9. The molecule has 1 unspecified atom stereocenters. The fourth-order valence-corrected chi connectivity index (χ4v) is 2.40. The number of carbonyl (C=O) groups excluding carboxylic acids is 2. The zero-order chi connectivity index (χ0) is 14.0. The van der Waals surface area contributed by atoms with Crippen LogP contribution in [0.25, 0.3) is 0 Å². The summed E-state index contributed by atoms with van der Waals surface area (Å²) in [5, 5.41) is 3.94. The predicted octanol–water partition coefficient (Wildman–Crippen LogP) is 2.23. The van der Waals surface area contributed by atoms with E-state index in [1.165, 1.54) is 4.90 Å². The second-order valence-electron chi connectivity index (χ2n) is 4.40. The summed E-state index contributed by atoms with van der Waals surface area (Å²) in [6, 6.07) is 4.70. The number of benzene rings is 1. The highest BCUT2D eigenvalue weighted by molar-refractivity contribution is 6.33. The van der Waals surface area contributed by atoms with Crippen LogP contribution in [0.15, 0.2) is 18.2 Å². The quantitative estimate of drug-likeness (QED) is 0.871. The number of piperazine rings is 1. The summed E-state index contributed by atoms with van der Waals surface area (Å²) in [5.74, 6) is -0.458. The summed E-state index contributed by atoms with van der Waals surface area (Å²) in [4.78, 5) is 25.2. The van der Waals surface area contributed by atoms with Crippen molar-refractivity contribution in [2.24, 2.45) is 0 Å². The lowest BCUT2D eigenvalue weighted by Crippen LogP contribution is -2.57. The molecule has 0 radical (unpaired) electrons. The molecule has 102 valence electrons. The highest BCUT2D eigenvalue weighted by Crippen LogP contribution is 2.23. The second kappa shape index (κ2) is 5.90. The maximum Gasteiger partial charge on any atom is 0.246 e. The monoisotopic (exact) mass is 300 g/mol. The fourth-order valence-electron chi connectivity index (χ4n) is 2.02. The SMILES string of the molecule is CCC1NCC(=O)N(Cc2cc(Cl)ccc2Cl)C1=O. The van der Waals surface area contributed by atoms with Gasteiger partial charge in [0.15, 0.2) is 0 Å². The molecule has 1 atom stereocenters. The number of rotatable bonds is 3. The largest absolute Gasteiger partial charge is 0.297 e. The molecule has 1 aliphatic heterocycles. The third-order valence-corrected chi connectivity index (χ3v) is 3.71. The van der Waals surface area contributed by atoms with Crippen LogP contribution in [0, 0.1) is 0 Å². The van der Waals surface area contributed by atoms with Crippen LogP contribution >= 0.6 is 23.2 Å². The number of hydrogen-bond donors (Lipinski definition) is 1. The van der Waals surface area contributed by atoms with Gasteiger partial charge in [-0.3, -0.25) is 19.8 Å². The van der Waals surface area contributed by atoms with Crippen molar-refractivity contribution in [1.29, 1.82) is 0 Å². The Balaban J connectivity index is 2.22. The molecule has 6 heteroatoms. The van der Waals surface area contributed by atoms with Crippen molar-refractivity contribution in [3.05, 3.63) is 33.8 Å². The summed E-state index contributed by atoms with van der Waals surface area (Å²) in [6.45, 7) is 2.23. The first kappa shape index (κ1) is 14.3. The molecule has 19 heavy (non-hydrogen) atoms. The van der Waals surface area contributed by atoms with Crippen molar-refractivity contribution in [2.45, 2.75) is 25.9 Å². The molecule has 0 bridgehead atoms. The van der Waals surface area contributed by atoms with E-state index >= 15 is 0 Å². The van der Waals surface area contributed by atoms with Crippen LogP contribution in [0.1, 0.15) is 18.9 Å². The molecule has 1 aromatic carbocycles. The minimum Gasteiger partial charge on any atom is -0.297 e. The Bertz CT molecular complexity index is 519. The molecule has 1 heterocycles. The summed E-state index contributed by atoms with van der Waals surface area (Å²) < 4.78 is 0. The van der Waals surface area contributed by atoms with Crippen LogP contribution in [0.5, 0.6) is 0 Å². The van der Waals surface area contributed by atoms with Gasteiger partial charge in [0.1, 0.15) is 0 Å². The van der Waals surface area contributed by atoms with E-state index in [1.807, 2.05) is 6.92 Å². The molecule has 2 rings (SSSR count). The Kier molecular flexibility index (Phi) is 4.45. The number of halogens is 2. The summed E-state index contributed by atoms with van der Waals surface area (Å²) in [7, 11) is 0. The highest BCUT2D eigenvalue weighted by Gasteiger charge is 2.32. The third-order valence-electron chi connectivity index (χ3n) is 3.11. The van der Waals surface area contributed by atoms with Crippen molar-refractivity contribution in [2.75, 3.05) is 6.54 Å². The minimum atomic E-state index is -0.310. The maximum atomic E-state index is 12.1. The molecule has 0 aromatic heterocycles. The molecule has 1 N–H and O–H groups in total. The second-order valence-corrected chi connectivity index (χ2v) is 5.24. The maximum absolute atomic E-state index is 12.1. The van der Waals surface area contributed by atoms with Crippen molar-refractivity contribution in [3.8, 4) is 0 Å². The number of hydrogen-bond acceptors (Lipinski definition) is 3. The van der Waals surface area contributed by atoms with Crippen molar-refractivity contribution in [1.82, 2.24) is 10.2 Å². The van der Waals surface area contributed by atoms with Crippen LogP contribution in [-0.4, -0.2) is 29.3 Å². The summed E-state index contributed by atoms with van der Waals surface area (Å²) in [5.41, 5.74) is 0.674. The van der Waals surface area contributed by atoms with Gasteiger partial charge in [-0.25, -0.2) is 0 Å². The Labute approximate surface area is 121 Å². The van der Waals surface area contributed by atoms with E-state index in [0.717, 1.165) is 0 Å². The summed E-state index contributed by atoms with van der Waals surface area (Å²) >= 11 is 12.0. The van der Waals surface area contributed by atoms with E-state index in [4.69, 9.17) is 23.2 Å². The van der Waals surface area contributed by atoms with Crippen molar-refractivity contribution >= 4 is 35.0 Å². The first-order valence-electron chi connectivity index (χ1n) is 6.04. The average Bonchev–Trinajstić information content (AvgIpc) is 2.38. The lowest BCUT2D eigenvalue weighted by molar-refractivity contribution is -0.150. The Morgan fingerprint density at radius 1 is 1.37 bits per heavy atom.